The molecule has 0 aliphatic heterocycles. The highest BCUT2D eigenvalue weighted by Crippen LogP contribution is 2.30. The van der Waals surface area contributed by atoms with Crippen molar-refractivity contribution < 1.29 is 4.79 Å². The van der Waals surface area contributed by atoms with E-state index in [1.54, 1.807) is 29.0 Å². The van der Waals surface area contributed by atoms with Gasteiger partial charge in [-0.15, -0.1) is 22.7 Å². The Balaban J connectivity index is 1.39. The third kappa shape index (κ3) is 3.99. The number of nitrogens with zero attached hydrogens (tertiary/aromatic N) is 3. The summed E-state index contributed by atoms with van der Waals surface area (Å²) in [5, 5.41) is 8.13. The standard InChI is InChI=1S/C18H20N4OS2/c23-17(20-13-5-2-1-3-6-13)10-22-9-14(19-12-22)18-21-15(11-25-18)16-7-4-8-24-16/h4,7-9,11-13H,1-3,5-6,10H2,(H,20,23). The Hall–Kier alpha value is -1.99. The van der Waals surface area contributed by atoms with E-state index >= 15 is 0 Å². The number of carbonyl (C=O) groups is 1. The summed E-state index contributed by atoms with van der Waals surface area (Å²) in [6.45, 7) is 0.312. The van der Waals surface area contributed by atoms with Crippen LogP contribution in [0, 0.1) is 0 Å². The van der Waals surface area contributed by atoms with Gasteiger partial charge in [-0.1, -0.05) is 25.3 Å². The number of imidazole rings is 1. The van der Waals surface area contributed by atoms with E-state index in [0.29, 0.717) is 12.6 Å². The molecular weight excluding hydrogens is 352 g/mol. The summed E-state index contributed by atoms with van der Waals surface area (Å²) in [4.78, 5) is 22.5. The molecule has 4 rings (SSSR count). The van der Waals surface area contributed by atoms with Crippen molar-refractivity contribution in [3.63, 3.8) is 0 Å². The summed E-state index contributed by atoms with van der Waals surface area (Å²) in [5.74, 6) is 0.0641. The molecule has 1 saturated carbocycles. The van der Waals surface area contributed by atoms with E-state index in [1.165, 1.54) is 19.3 Å². The molecule has 1 aliphatic carbocycles. The Bertz CT molecular complexity index is 831. The highest BCUT2D eigenvalue weighted by molar-refractivity contribution is 7.15. The lowest BCUT2D eigenvalue weighted by atomic mass is 9.95. The van der Waals surface area contributed by atoms with Crippen LogP contribution in [0.3, 0.4) is 0 Å². The second-order valence-corrected chi connectivity index (χ2v) is 8.15. The Morgan fingerprint density at radius 1 is 1.24 bits per heavy atom. The van der Waals surface area contributed by atoms with E-state index in [2.05, 4.69) is 26.7 Å². The molecule has 25 heavy (non-hydrogen) atoms. The van der Waals surface area contributed by atoms with Gasteiger partial charge in [0.25, 0.3) is 0 Å². The lowest BCUT2D eigenvalue weighted by molar-refractivity contribution is -0.122. The van der Waals surface area contributed by atoms with Crippen LogP contribution in [0.5, 0.6) is 0 Å². The van der Waals surface area contributed by atoms with Gasteiger partial charge in [0.2, 0.25) is 5.91 Å². The highest BCUT2D eigenvalue weighted by atomic mass is 32.1. The number of rotatable bonds is 5. The van der Waals surface area contributed by atoms with Crippen LogP contribution < -0.4 is 5.32 Å². The summed E-state index contributed by atoms with van der Waals surface area (Å²) in [7, 11) is 0. The molecule has 5 nitrogen and oxygen atoms in total. The van der Waals surface area contributed by atoms with Crippen LogP contribution in [-0.4, -0.2) is 26.5 Å². The molecule has 3 heterocycles. The molecule has 0 spiro atoms. The first kappa shape index (κ1) is 16.5. The van der Waals surface area contributed by atoms with E-state index in [4.69, 9.17) is 0 Å². The number of aromatic nitrogens is 3. The first-order valence-corrected chi connectivity index (χ1v) is 10.3. The molecule has 0 unspecified atom stereocenters. The van der Waals surface area contributed by atoms with Crippen molar-refractivity contribution in [1.29, 1.82) is 0 Å². The molecule has 0 saturated heterocycles. The number of hydrogen-bond donors (Lipinski definition) is 1. The van der Waals surface area contributed by atoms with E-state index < -0.39 is 0 Å². The van der Waals surface area contributed by atoms with Gasteiger partial charge in [-0.05, 0) is 24.3 Å². The van der Waals surface area contributed by atoms with Crippen molar-refractivity contribution in [3.8, 4) is 21.3 Å². The fourth-order valence-corrected chi connectivity index (χ4v) is 4.71. The summed E-state index contributed by atoms with van der Waals surface area (Å²) in [6, 6.07) is 4.44. The summed E-state index contributed by atoms with van der Waals surface area (Å²) in [6.07, 6.45) is 9.54. The number of thiazole rings is 1. The molecule has 0 atom stereocenters. The average Bonchev–Trinajstić information content (AvgIpc) is 3.36. The van der Waals surface area contributed by atoms with Crippen molar-refractivity contribution in [3.05, 3.63) is 35.4 Å². The Kier molecular flexibility index (Phi) is 4.94. The minimum Gasteiger partial charge on any atom is -0.352 e. The zero-order valence-electron chi connectivity index (χ0n) is 13.9. The van der Waals surface area contributed by atoms with Crippen molar-refractivity contribution in [2.45, 2.75) is 44.7 Å². The lowest BCUT2D eigenvalue weighted by Gasteiger charge is -2.22. The Morgan fingerprint density at radius 2 is 2.12 bits per heavy atom. The number of nitrogens with one attached hydrogen (secondary N) is 1. The number of hydrogen-bond acceptors (Lipinski definition) is 5. The lowest BCUT2D eigenvalue weighted by Crippen LogP contribution is -2.38. The molecule has 3 aromatic heterocycles. The molecule has 130 valence electrons. The minimum atomic E-state index is 0.0641. The van der Waals surface area contributed by atoms with Crippen molar-refractivity contribution in [2.24, 2.45) is 0 Å². The fraction of sp³-hybridized carbons (Fsp3) is 0.389. The van der Waals surface area contributed by atoms with Gasteiger partial charge in [0.1, 0.15) is 17.2 Å². The Morgan fingerprint density at radius 3 is 2.92 bits per heavy atom. The van der Waals surface area contributed by atoms with Gasteiger partial charge < -0.3 is 9.88 Å². The maximum Gasteiger partial charge on any atom is 0.240 e. The largest absolute Gasteiger partial charge is 0.352 e. The van der Waals surface area contributed by atoms with E-state index in [0.717, 1.165) is 34.1 Å². The minimum absolute atomic E-state index is 0.0641. The van der Waals surface area contributed by atoms with Gasteiger partial charge >= 0.3 is 0 Å². The van der Waals surface area contributed by atoms with Crippen molar-refractivity contribution in [2.75, 3.05) is 0 Å². The fourth-order valence-electron chi connectivity index (χ4n) is 3.17. The number of amides is 1. The molecule has 1 N–H and O–H groups in total. The molecule has 0 bridgehead atoms. The zero-order valence-corrected chi connectivity index (χ0v) is 15.5. The molecule has 0 radical (unpaired) electrons. The van der Waals surface area contributed by atoms with Gasteiger partial charge in [0.15, 0.2) is 0 Å². The molecule has 1 aliphatic rings. The third-order valence-electron chi connectivity index (χ3n) is 4.43. The number of carbonyl (C=O) groups excluding carboxylic acids is 1. The SMILES string of the molecule is O=C(Cn1cnc(-c2nc(-c3cccs3)cs2)c1)NC1CCCCC1. The second kappa shape index (κ2) is 7.49. The van der Waals surface area contributed by atoms with Gasteiger partial charge in [-0.2, -0.15) is 0 Å². The van der Waals surface area contributed by atoms with Crippen LogP contribution in [0.15, 0.2) is 35.4 Å². The van der Waals surface area contributed by atoms with Crippen LogP contribution >= 0.6 is 22.7 Å². The maximum absolute atomic E-state index is 12.2. The first-order chi connectivity index (χ1) is 12.3. The third-order valence-corrected chi connectivity index (χ3v) is 6.18. The van der Waals surface area contributed by atoms with E-state index in [9.17, 15) is 4.79 Å². The summed E-state index contributed by atoms with van der Waals surface area (Å²) < 4.78 is 1.83. The quantitative estimate of drug-likeness (QED) is 0.731. The smallest absolute Gasteiger partial charge is 0.240 e. The second-order valence-electron chi connectivity index (χ2n) is 6.35. The van der Waals surface area contributed by atoms with Crippen LogP contribution in [0.1, 0.15) is 32.1 Å². The van der Waals surface area contributed by atoms with Gasteiger partial charge in [0.05, 0.1) is 16.9 Å². The van der Waals surface area contributed by atoms with Crippen LogP contribution in [-0.2, 0) is 11.3 Å². The molecule has 1 fully saturated rings. The molecular formula is C18H20N4OS2. The normalized spacial score (nSPS) is 15.4. The predicted molar refractivity (Wildman–Crippen MR) is 102 cm³/mol. The molecule has 1 amide bonds. The van der Waals surface area contributed by atoms with Gasteiger partial charge in [0, 0.05) is 17.6 Å². The van der Waals surface area contributed by atoms with Gasteiger partial charge in [-0.3, -0.25) is 4.79 Å². The van der Waals surface area contributed by atoms with Crippen LogP contribution in [0.2, 0.25) is 0 Å². The topological polar surface area (TPSA) is 59.8 Å². The summed E-state index contributed by atoms with van der Waals surface area (Å²) >= 11 is 3.26. The predicted octanol–water partition coefficient (Wildman–Crippen LogP) is 4.18. The Labute approximate surface area is 154 Å². The van der Waals surface area contributed by atoms with Crippen molar-refractivity contribution in [1.82, 2.24) is 19.9 Å². The zero-order chi connectivity index (χ0) is 17.1. The summed E-state index contributed by atoms with van der Waals surface area (Å²) in [5.41, 5.74) is 1.80. The maximum atomic E-state index is 12.2. The van der Waals surface area contributed by atoms with E-state index in [-0.39, 0.29) is 5.91 Å². The highest BCUT2D eigenvalue weighted by Gasteiger charge is 2.16. The monoisotopic (exact) mass is 372 g/mol. The van der Waals surface area contributed by atoms with E-state index in [1.807, 2.05) is 22.2 Å². The molecule has 3 aromatic rings. The first-order valence-electron chi connectivity index (χ1n) is 8.59. The van der Waals surface area contributed by atoms with Gasteiger partial charge in [-0.25, -0.2) is 9.97 Å². The number of thiophene rings is 1. The van der Waals surface area contributed by atoms with Crippen LogP contribution in [0.25, 0.3) is 21.3 Å². The molecule has 0 aromatic carbocycles. The molecule has 7 heteroatoms. The van der Waals surface area contributed by atoms with Crippen molar-refractivity contribution >= 4 is 28.6 Å². The average molecular weight is 373 g/mol. The van der Waals surface area contributed by atoms with Crippen LogP contribution in [0.4, 0.5) is 0 Å².